The molecule has 396 valence electrons. The van der Waals surface area contributed by atoms with Gasteiger partial charge in [-0.1, -0.05) is 68.2 Å². The highest BCUT2D eigenvalue weighted by Crippen LogP contribution is 2.46. The Bertz CT molecular complexity index is 2250. The van der Waals surface area contributed by atoms with E-state index in [0.717, 1.165) is 71.1 Å². The van der Waals surface area contributed by atoms with Crippen molar-refractivity contribution in [3.8, 4) is 12.1 Å². The minimum absolute atomic E-state index is 0.0140. The SMILES string of the molecule is C/C(=C\c1csc(C)n1)[C@@H]1CC2O[C@]2(C)CCC[C@H](C)[C@H](O)C(C)C(=O)C(C)(C)[C@@H](C#N)CC(=O)N1.C/C(=C\c1csc(C)n1)[C@@H]1CC2O[C@]2(C)CCC[C@H](C)[C@H](O)C(C)C(=O)C(C)(C)[C@H](C#N)CC(=O)N1. The van der Waals surface area contributed by atoms with Crippen LogP contribution >= 0.6 is 22.7 Å². The van der Waals surface area contributed by atoms with Crippen LogP contribution < -0.4 is 10.6 Å². The van der Waals surface area contributed by atoms with Crippen molar-refractivity contribution in [1.29, 1.82) is 10.5 Å². The Morgan fingerprint density at radius 1 is 0.667 bits per heavy atom. The molecule has 4 N–H and O–H groups in total. The third-order valence-corrected chi connectivity index (χ3v) is 18.1. The van der Waals surface area contributed by atoms with Crippen molar-refractivity contribution in [2.75, 3.05) is 0 Å². The predicted molar refractivity (Wildman–Crippen MR) is 282 cm³/mol. The number of carbonyl (C=O) groups excluding carboxylic acids is 4. The van der Waals surface area contributed by atoms with E-state index in [9.17, 15) is 39.9 Å². The number of Topliss-reactive ketones (excluding diaryl/α,β-unsaturated/α-hetero) is 2. The zero-order valence-electron chi connectivity index (χ0n) is 45.3. The first-order chi connectivity index (χ1) is 33.6. The number of thiazole rings is 2. The second-order valence-electron chi connectivity index (χ2n) is 23.2. The Labute approximate surface area is 436 Å². The molecule has 2 aromatic rings. The molecule has 14 atom stereocenters. The van der Waals surface area contributed by atoms with Crippen molar-refractivity contribution in [3.05, 3.63) is 43.3 Å². The molecular weight excluding hydrogens is 949 g/mol. The average molecular weight is 1030 g/mol. The summed E-state index contributed by atoms with van der Waals surface area (Å²) in [4.78, 5) is 62.3. The Balaban J connectivity index is 0.000000267. The molecule has 0 aromatic carbocycles. The fourth-order valence-corrected chi connectivity index (χ4v) is 12.0. The quantitative estimate of drug-likeness (QED) is 0.210. The smallest absolute Gasteiger partial charge is 0.221 e. The number of nitriles is 2. The van der Waals surface area contributed by atoms with E-state index in [1.54, 1.807) is 64.2 Å². The van der Waals surface area contributed by atoms with Crippen LogP contribution in [-0.4, -0.2) is 91.3 Å². The summed E-state index contributed by atoms with van der Waals surface area (Å²) in [5, 5.41) is 53.8. The van der Waals surface area contributed by atoms with E-state index >= 15 is 0 Å². The van der Waals surface area contributed by atoms with Crippen molar-refractivity contribution in [2.45, 2.75) is 209 Å². The number of nitrogens with one attached hydrogen (secondary N) is 2. The van der Waals surface area contributed by atoms with Crippen LogP contribution in [0.25, 0.3) is 12.2 Å². The van der Waals surface area contributed by atoms with E-state index in [-0.39, 0.29) is 83.6 Å². The lowest BCUT2D eigenvalue weighted by molar-refractivity contribution is -0.139. The van der Waals surface area contributed by atoms with Gasteiger partial charge >= 0.3 is 0 Å². The second kappa shape index (κ2) is 24.0. The molecule has 4 unspecified atom stereocenters. The minimum Gasteiger partial charge on any atom is -0.392 e. The molecule has 4 aliphatic rings. The van der Waals surface area contributed by atoms with Gasteiger partial charge in [0.15, 0.2) is 0 Å². The molecule has 16 heteroatoms. The first-order valence-corrected chi connectivity index (χ1v) is 27.7. The third kappa shape index (κ3) is 14.6. The van der Waals surface area contributed by atoms with Crippen molar-refractivity contribution in [1.82, 2.24) is 20.6 Å². The van der Waals surface area contributed by atoms with E-state index in [2.05, 4.69) is 46.6 Å². The number of hydrogen-bond donors (Lipinski definition) is 4. The van der Waals surface area contributed by atoms with Crippen molar-refractivity contribution < 1.29 is 38.9 Å². The fourth-order valence-electron chi connectivity index (χ4n) is 10.8. The van der Waals surface area contributed by atoms with Gasteiger partial charge in [0, 0.05) is 59.1 Å². The Hall–Kier alpha value is -4.16. The molecule has 0 radical (unpaired) electrons. The number of carbonyl (C=O) groups is 4. The maximum absolute atomic E-state index is 13.4. The molecule has 6 heterocycles. The Kier molecular flexibility index (Phi) is 19.6. The Morgan fingerprint density at radius 2 is 1.01 bits per heavy atom. The summed E-state index contributed by atoms with van der Waals surface area (Å²) in [5.74, 6) is -3.89. The molecule has 14 nitrogen and oxygen atoms in total. The number of amides is 2. The number of aromatic nitrogens is 2. The summed E-state index contributed by atoms with van der Waals surface area (Å²) in [7, 11) is 0. The molecule has 4 saturated heterocycles. The maximum Gasteiger partial charge on any atom is 0.221 e. The summed E-state index contributed by atoms with van der Waals surface area (Å²) in [6.07, 6.45) is 8.53. The number of aliphatic hydroxyl groups excluding tert-OH is 2. The third-order valence-electron chi connectivity index (χ3n) is 16.6. The number of epoxide rings is 2. The van der Waals surface area contributed by atoms with E-state index in [1.165, 1.54) is 0 Å². The monoisotopic (exact) mass is 1030 g/mol. The van der Waals surface area contributed by atoms with Crippen molar-refractivity contribution >= 4 is 58.2 Å². The molecule has 4 aliphatic heterocycles. The van der Waals surface area contributed by atoms with Gasteiger partial charge in [-0.25, -0.2) is 9.97 Å². The molecule has 0 bridgehead atoms. The lowest BCUT2D eigenvalue weighted by Gasteiger charge is -2.34. The maximum atomic E-state index is 13.4. The number of aryl methyl sites for hydroxylation is 2. The lowest BCUT2D eigenvalue weighted by atomic mass is 9.69. The molecule has 4 fully saturated rings. The zero-order valence-corrected chi connectivity index (χ0v) is 46.9. The van der Waals surface area contributed by atoms with Crippen LogP contribution in [0, 0.1) is 82.8 Å². The standard InChI is InChI=1S/2C28H41N3O4S/c2*1-16-9-8-10-28(7)23(35-28)13-22(17(2)11-21-15-36-19(4)30-21)31-24(32)12-20(14-29)27(5,6)26(34)18(3)25(16)33/h2*11,15-16,18,20,22-23,25,33H,8-10,12-13H2,1-7H3,(H,31,32)/b2*17-11+/t16-,18?,20+,22-,23?,25-,28+;16-,18?,20-,22-,23?,25-,28+/m00/s1. The van der Waals surface area contributed by atoms with E-state index in [1.807, 2.05) is 64.5 Å². The van der Waals surface area contributed by atoms with Gasteiger partial charge in [-0.15, -0.1) is 22.7 Å². The highest BCUT2D eigenvalue weighted by atomic mass is 32.1. The van der Waals surface area contributed by atoms with Gasteiger partial charge in [-0.05, 0) is 102 Å². The van der Waals surface area contributed by atoms with Crippen LogP contribution in [-0.2, 0) is 28.7 Å². The lowest BCUT2D eigenvalue weighted by Crippen LogP contribution is -2.44. The summed E-state index contributed by atoms with van der Waals surface area (Å²) in [6, 6.07) is 3.87. The molecule has 6 rings (SSSR count). The van der Waals surface area contributed by atoms with Crippen LogP contribution in [0.4, 0.5) is 0 Å². The van der Waals surface area contributed by atoms with Gasteiger partial charge in [0.2, 0.25) is 11.8 Å². The highest BCUT2D eigenvalue weighted by Gasteiger charge is 2.54. The van der Waals surface area contributed by atoms with Crippen LogP contribution in [0.1, 0.15) is 169 Å². The van der Waals surface area contributed by atoms with Crippen LogP contribution in [0.15, 0.2) is 21.9 Å². The summed E-state index contributed by atoms with van der Waals surface area (Å²) in [6.45, 7) is 26.3. The number of aliphatic hydroxyl groups is 2. The van der Waals surface area contributed by atoms with Gasteiger partial charge in [0.1, 0.15) is 11.6 Å². The van der Waals surface area contributed by atoms with Crippen molar-refractivity contribution in [2.24, 2.45) is 46.3 Å². The summed E-state index contributed by atoms with van der Waals surface area (Å²) < 4.78 is 12.2. The van der Waals surface area contributed by atoms with Crippen LogP contribution in [0.2, 0.25) is 0 Å². The first kappa shape index (κ1) is 58.7. The number of ketones is 2. The highest BCUT2D eigenvalue weighted by molar-refractivity contribution is 7.09. The van der Waals surface area contributed by atoms with Crippen molar-refractivity contribution in [3.63, 3.8) is 0 Å². The molecule has 0 aliphatic carbocycles. The number of ether oxygens (including phenoxy) is 2. The topological polar surface area (TPSA) is 231 Å². The number of hydrogen-bond acceptors (Lipinski definition) is 14. The first-order valence-electron chi connectivity index (χ1n) is 26.0. The van der Waals surface area contributed by atoms with E-state index in [4.69, 9.17) is 9.47 Å². The second-order valence-corrected chi connectivity index (χ2v) is 25.3. The fraction of sp³-hybridized carbons (Fsp3) is 0.714. The molecular formula is C56H82N6O8S2. The van der Waals surface area contributed by atoms with Crippen LogP contribution in [0.3, 0.4) is 0 Å². The number of fused-ring (bicyclic) bond motifs is 2. The van der Waals surface area contributed by atoms with Gasteiger partial charge in [0.25, 0.3) is 0 Å². The Morgan fingerprint density at radius 3 is 1.32 bits per heavy atom. The minimum atomic E-state index is -1.07. The zero-order chi connectivity index (χ0) is 53.7. The van der Waals surface area contributed by atoms with Gasteiger partial charge in [0.05, 0.1) is 93.1 Å². The molecule has 72 heavy (non-hydrogen) atoms. The van der Waals surface area contributed by atoms with Gasteiger partial charge in [-0.2, -0.15) is 10.5 Å². The molecule has 2 aromatic heterocycles. The largest absolute Gasteiger partial charge is 0.392 e. The normalized spacial score (nSPS) is 36.5. The van der Waals surface area contributed by atoms with Gasteiger partial charge in [-0.3, -0.25) is 19.2 Å². The predicted octanol–water partition coefficient (Wildman–Crippen LogP) is 9.66. The molecule has 2 amide bonds. The average Bonchev–Trinajstić information content (AvgIpc) is 3.98. The molecule has 0 spiro atoms. The number of rotatable bonds is 4. The number of nitrogens with zero attached hydrogens (tertiary/aromatic N) is 4. The van der Waals surface area contributed by atoms with Gasteiger partial charge < -0.3 is 30.3 Å². The van der Waals surface area contributed by atoms with Crippen LogP contribution in [0.5, 0.6) is 0 Å². The van der Waals surface area contributed by atoms with E-state index in [0.29, 0.717) is 12.8 Å². The molecule has 0 saturated carbocycles. The summed E-state index contributed by atoms with van der Waals surface area (Å²) >= 11 is 3.16. The summed E-state index contributed by atoms with van der Waals surface area (Å²) in [5.41, 5.74) is 1.00. The van der Waals surface area contributed by atoms with E-state index < -0.39 is 46.7 Å².